The molecule has 0 saturated heterocycles. The van der Waals surface area contributed by atoms with Crippen molar-refractivity contribution in [2.45, 2.75) is 53.5 Å². The number of carbonyl (C=O) groups excluding carboxylic acids is 1. The van der Waals surface area contributed by atoms with E-state index in [-0.39, 0.29) is 12.2 Å². The maximum Gasteiger partial charge on any atom is 0.305 e. The summed E-state index contributed by atoms with van der Waals surface area (Å²) in [5, 5.41) is 10.1. The molecule has 0 aliphatic rings. The van der Waals surface area contributed by atoms with Crippen LogP contribution in [0.1, 0.15) is 61.2 Å². The SMILES string of the molecule is CC(C)Cc1ccc([N+](C)(c2ccc(CC(C)C)cc2)c2cccc(C(=O)c3cn(CCC(=O)O)c4ccccc34)c2)cc1. The topological polar surface area (TPSA) is 59.3 Å². The molecule has 5 heteroatoms. The van der Waals surface area contributed by atoms with E-state index in [0.717, 1.165) is 40.8 Å². The molecule has 0 bridgehead atoms. The minimum atomic E-state index is -0.866. The third-order valence-electron chi connectivity index (χ3n) is 8.42. The lowest BCUT2D eigenvalue weighted by atomic mass is 9.99. The van der Waals surface area contributed by atoms with Crippen molar-refractivity contribution in [2.24, 2.45) is 11.8 Å². The maximum absolute atomic E-state index is 14.1. The fraction of sp³-hybridized carbons (Fsp3) is 0.282. The van der Waals surface area contributed by atoms with Crippen LogP contribution in [0.2, 0.25) is 0 Å². The van der Waals surface area contributed by atoms with Crippen molar-refractivity contribution >= 4 is 39.7 Å². The van der Waals surface area contributed by atoms with Crippen molar-refractivity contribution in [3.05, 3.63) is 126 Å². The number of carbonyl (C=O) groups is 2. The molecule has 0 amide bonds. The van der Waals surface area contributed by atoms with Gasteiger partial charge in [0.2, 0.25) is 0 Å². The number of aromatic nitrogens is 1. The number of aliphatic carboxylic acids is 1. The summed E-state index contributed by atoms with van der Waals surface area (Å²) in [6, 6.07) is 33.4. The molecule has 5 rings (SSSR count). The number of nitrogens with zero attached hydrogens (tertiary/aromatic N) is 2. The largest absolute Gasteiger partial charge is 0.481 e. The molecule has 1 N–H and O–H groups in total. The zero-order valence-electron chi connectivity index (χ0n) is 26.5. The first-order chi connectivity index (χ1) is 21.1. The van der Waals surface area contributed by atoms with Gasteiger partial charge in [-0.2, -0.15) is 0 Å². The van der Waals surface area contributed by atoms with Gasteiger partial charge in [-0.15, -0.1) is 0 Å². The minimum Gasteiger partial charge on any atom is -0.481 e. The minimum absolute atomic E-state index is 0.0104. The Morgan fingerprint density at radius 2 is 1.30 bits per heavy atom. The van der Waals surface area contributed by atoms with Gasteiger partial charge < -0.3 is 9.67 Å². The van der Waals surface area contributed by atoms with E-state index in [1.54, 1.807) is 6.20 Å². The lowest BCUT2D eigenvalue weighted by Crippen LogP contribution is -2.34. The fourth-order valence-electron chi connectivity index (χ4n) is 6.16. The third kappa shape index (κ3) is 6.53. The van der Waals surface area contributed by atoms with E-state index in [1.165, 1.54) is 11.1 Å². The van der Waals surface area contributed by atoms with Gasteiger partial charge in [-0.05, 0) is 41.9 Å². The lowest BCUT2D eigenvalue weighted by Gasteiger charge is -2.34. The maximum atomic E-state index is 14.1. The molecule has 0 unspecified atom stereocenters. The van der Waals surface area contributed by atoms with Crippen molar-refractivity contribution in [1.82, 2.24) is 9.05 Å². The molecule has 0 aliphatic carbocycles. The van der Waals surface area contributed by atoms with Crippen LogP contribution in [0.15, 0.2) is 103 Å². The number of hydrogen-bond donors (Lipinski definition) is 1. The molecule has 5 aromatic rings. The predicted molar refractivity (Wildman–Crippen MR) is 181 cm³/mol. The van der Waals surface area contributed by atoms with Gasteiger partial charge in [0.05, 0.1) is 13.5 Å². The highest BCUT2D eigenvalue weighted by Crippen LogP contribution is 2.42. The van der Waals surface area contributed by atoms with Crippen molar-refractivity contribution < 1.29 is 14.7 Å². The molecule has 5 nitrogen and oxygen atoms in total. The van der Waals surface area contributed by atoms with Gasteiger partial charge in [0.15, 0.2) is 5.78 Å². The van der Waals surface area contributed by atoms with E-state index in [9.17, 15) is 14.7 Å². The highest BCUT2D eigenvalue weighted by molar-refractivity contribution is 6.16. The average Bonchev–Trinajstić information content (AvgIpc) is 3.38. The van der Waals surface area contributed by atoms with Gasteiger partial charge in [-0.3, -0.25) is 9.59 Å². The number of aryl methyl sites for hydroxylation is 1. The number of quaternary nitrogens is 1. The smallest absolute Gasteiger partial charge is 0.305 e. The molecule has 1 aromatic heterocycles. The van der Waals surface area contributed by atoms with Crippen LogP contribution >= 0.6 is 0 Å². The van der Waals surface area contributed by atoms with Gasteiger partial charge in [0.25, 0.3) is 0 Å². The monoisotopic (exact) mass is 587 g/mol. The molecule has 226 valence electrons. The summed E-state index contributed by atoms with van der Waals surface area (Å²) in [4.78, 5) is 25.4. The highest BCUT2D eigenvalue weighted by atomic mass is 16.4. The van der Waals surface area contributed by atoms with Crippen LogP contribution in [0.3, 0.4) is 0 Å². The third-order valence-corrected chi connectivity index (χ3v) is 8.42. The van der Waals surface area contributed by atoms with Crippen LogP contribution in [0.4, 0.5) is 17.1 Å². The van der Waals surface area contributed by atoms with Crippen LogP contribution in [0, 0.1) is 11.8 Å². The molecular weight excluding hydrogens is 544 g/mol. The van der Waals surface area contributed by atoms with Crippen LogP contribution in [-0.2, 0) is 24.2 Å². The standard InChI is InChI=1S/C39H42N2O3/c1-27(2)23-29-13-17-32(18-14-29)41(5,33-19-15-30(16-20-33)24-28(3)4)34-10-8-9-31(25-34)39(44)36-26-40(22-21-38(42)43)37-12-7-6-11-35(36)37/h6-20,25-28H,21-24H2,1-5H3/p+1. The number of para-hydroxylation sites is 1. The number of benzene rings is 4. The Kier molecular flexibility index (Phi) is 9.17. The quantitative estimate of drug-likeness (QED) is 0.117. The number of carboxylic acid groups (broad SMARTS) is 1. The summed E-state index contributed by atoms with van der Waals surface area (Å²) in [5.41, 5.74) is 7.87. The van der Waals surface area contributed by atoms with E-state index in [1.807, 2.05) is 47.0 Å². The van der Waals surface area contributed by atoms with Crippen LogP contribution in [0.25, 0.3) is 10.9 Å². The highest BCUT2D eigenvalue weighted by Gasteiger charge is 2.32. The summed E-state index contributed by atoms with van der Waals surface area (Å²) < 4.78 is 2.28. The Bertz CT molecular complexity index is 1710. The van der Waals surface area contributed by atoms with E-state index < -0.39 is 5.97 Å². The second-order valence-electron chi connectivity index (χ2n) is 12.8. The number of carboxylic acids is 1. The summed E-state index contributed by atoms with van der Waals surface area (Å²) in [5.74, 6) is 0.208. The zero-order valence-corrected chi connectivity index (χ0v) is 26.5. The number of rotatable bonds is 12. The van der Waals surface area contributed by atoms with E-state index in [2.05, 4.69) is 89.3 Å². The molecule has 0 aliphatic heterocycles. The summed E-state index contributed by atoms with van der Waals surface area (Å²) in [6.07, 6.45) is 3.84. The Morgan fingerprint density at radius 3 is 1.84 bits per heavy atom. The van der Waals surface area contributed by atoms with Crippen molar-refractivity contribution in [1.29, 1.82) is 0 Å². The first-order valence-corrected chi connectivity index (χ1v) is 15.6. The Labute approximate surface area is 261 Å². The van der Waals surface area contributed by atoms with E-state index >= 15 is 0 Å². The lowest BCUT2D eigenvalue weighted by molar-refractivity contribution is -0.137. The van der Waals surface area contributed by atoms with E-state index in [4.69, 9.17) is 0 Å². The second kappa shape index (κ2) is 13.0. The van der Waals surface area contributed by atoms with Crippen LogP contribution in [0.5, 0.6) is 0 Å². The summed E-state index contributed by atoms with van der Waals surface area (Å²) >= 11 is 0. The first kappa shape index (κ1) is 31.0. The molecule has 4 aromatic carbocycles. The zero-order chi connectivity index (χ0) is 31.4. The molecule has 0 atom stereocenters. The van der Waals surface area contributed by atoms with Crippen molar-refractivity contribution in [3.8, 4) is 0 Å². The van der Waals surface area contributed by atoms with Gasteiger partial charge in [0, 0.05) is 71.2 Å². The summed E-state index contributed by atoms with van der Waals surface area (Å²) in [7, 11) is 2.19. The fourth-order valence-corrected chi connectivity index (χ4v) is 6.16. The molecule has 0 saturated carbocycles. The Hall–Kier alpha value is -4.48. The molecule has 0 spiro atoms. The number of ketones is 1. The van der Waals surface area contributed by atoms with Gasteiger partial charge in [0.1, 0.15) is 17.1 Å². The molecule has 1 heterocycles. The first-order valence-electron chi connectivity index (χ1n) is 15.6. The van der Waals surface area contributed by atoms with E-state index in [0.29, 0.717) is 34.0 Å². The molecule has 0 fully saturated rings. The predicted octanol–water partition coefficient (Wildman–Crippen LogP) is 9.34. The summed E-state index contributed by atoms with van der Waals surface area (Å²) in [6.45, 7) is 9.24. The second-order valence-corrected chi connectivity index (χ2v) is 12.8. The van der Waals surface area contributed by atoms with Gasteiger partial charge in [-0.25, -0.2) is 4.48 Å². The van der Waals surface area contributed by atoms with Crippen LogP contribution in [-0.4, -0.2) is 28.5 Å². The molecular formula is C39H43N2O3+. The van der Waals surface area contributed by atoms with Gasteiger partial charge >= 0.3 is 5.97 Å². The van der Waals surface area contributed by atoms with Crippen molar-refractivity contribution in [2.75, 3.05) is 7.05 Å². The number of hydrogen-bond acceptors (Lipinski definition) is 2. The van der Waals surface area contributed by atoms with Gasteiger partial charge in [-0.1, -0.05) is 82.3 Å². The van der Waals surface area contributed by atoms with Crippen LogP contribution < -0.4 is 4.48 Å². The Morgan fingerprint density at radius 1 is 0.727 bits per heavy atom. The number of fused-ring (bicyclic) bond motifs is 1. The normalized spacial score (nSPS) is 11.9. The Balaban J connectivity index is 1.59. The van der Waals surface area contributed by atoms with Crippen molar-refractivity contribution in [3.63, 3.8) is 0 Å². The molecule has 0 radical (unpaired) electrons. The molecule has 44 heavy (non-hydrogen) atoms. The average molecular weight is 588 g/mol.